The summed E-state index contributed by atoms with van der Waals surface area (Å²) in [5.41, 5.74) is 5.05. The van der Waals surface area contributed by atoms with E-state index in [0.717, 1.165) is 19.3 Å². The van der Waals surface area contributed by atoms with Crippen LogP contribution in [0.3, 0.4) is 0 Å². The topological polar surface area (TPSA) is 52.3 Å². The Morgan fingerprint density at radius 3 is 2.67 bits per heavy atom. The highest BCUT2D eigenvalue weighted by atomic mass is 16.5. The van der Waals surface area contributed by atoms with Crippen LogP contribution in [0.5, 0.6) is 0 Å². The monoisotopic (exact) mass is 169 g/mol. The van der Waals surface area contributed by atoms with E-state index in [1.165, 1.54) is 6.42 Å². The molecule has 0 aromatic rings. The molecule has 1 aliphatic carbocycles. The Balaban J connectivity index is 2.34. The predicted molar refractivity (Wildman–Crippen MR) is 46.6 cm³/mol. The van der Waals surface area contributed by atoms with Crippen LogP contribution in [-0.2, 0) is 4.74 Å². The van der Waals surface area contributed by atoms with Crippen LogP contribution in [0.2, 0.25) is 0 Å². The van der Waals surface area contributed by atoms with Gasteiger partial charge in [-0.05, 0) is 19.3 Å². The highest BCUT2D eigenvalue weighted by Crippen LogP contribution is 2.44. The van der Waals surface area contributed by atoms with Gasteiger partial charge in [-0.1, -0.05) is 12.5 Å². The van der Waals surface area contributed by atoms with Gasteiger partial charge in [0.2, 0.25) is 0 Å². The molecule has 1 aliphatic rings. The van der Waals surface area contributed by atoms with Crippen molar-refractivity contribution in [2.45, 2.75) is 25.7 Å². The number of nitrogens with two attached hydrogens (primary N) is 1. The molecule has 0 spiro atoms. The van der Waals surface area contributed by atoms with Gasteiger partial charge in [0.05, 0.1) is 6.61 Å². The molecular formula is C9H15NO2. The number of ether oxygens (including phenoxy) is 1. The fraction of sp³-hybridized carbons (Fsp3) is 0.667. The zero-order valence-corrected chi connectivity index (χ0v) is 7.21. The quantitative estimate of drug-likeness (QED) is 0.653. The van der Waals surface area contributed by atoms with E-state index < -0.39 is 6.09 Å². The fourth-order valence-electron chi connectivity index (χ4n) is 1.61. The number of primary amides is 1. The molecule has 0 aromatic carbocycles. The fourth-order valence-corrected chi connectivity index (χ4v) is 1.61. The van der Waals surface area contributed by atoms with Gasteiger partial charge < -0.3 is 10.5 Å². The van der Waals surface area contributed by atoms with E-state index in [-0.39, 0.29) is 5.41 Å². The molecule has 0 unspecified atom stereocenters. The van der Waals surface area contributed by atoms with E-state index >= 15 is 0 Å². The Morgan fingerprint density at radius 1 is 1.67 bits per heavy atom. The van der Waals surface area contributed by atoms with Crippen molar-refractivity contribution >= 4 is 6.09 Å². The molecule has 0 aromatic heterocycles. The second kappa shape index (κ2) is 3.61. The van der Waals surface area contributed by atoms with Crippen molar-refractivity contribution in [1.82, 2.24) is 0 Å². The number of rotatable bonds is 4. The Kier molecular flexibility index (Phi) is 2.74. The molecule has 0 saturated heterocycles. The van der Waals surface area contributed by atoms with E-state index in [9.17, 15) is 4.79 Å². The second-order valence-electron chi connectivity index (χ2n) is 3.45. The first kappa shape index (κ1) is 9.10. The third-order valence-electron chi connectivity index (χ3n) is 2.51. The van der Waals surface area contributed by atoms with Gasteiger partial charge in [-0.25, -0.2) is 4.79 Å². The van der Waals surface area contributed by atoms with Gasteiger partial charge >= 0.3 is 6.09 Å². The summed E-state index contributed by atoms with van der Waals surface area (Å²) in [6.07, 6.45) is 5.57. The SMILES string of the molecule is C=CCC1(COC(N)=O)CCC1. The van der Waals surface area contributed by atoms with Crippen molar-refractivity contribution in [3.8, 4) is 0 Å². The standard InChI is InChI=1S/C9H15NO2/c1-2-4-9(5-3-6-9)7-12-8(10)11/h2H,1,3-7H2,(H2,10,11). The largest absolute Gasteiger partial charge is 0.449 e. The van der Waals surface area contributed by atoms with Crippen LogP contribution in [0.4, 0.5) is 4.79 Å². The molecule has 0 radical (unpaired) electrons. The van der Waals surface area contributed by atoms with Gasteiger partial charge in [0.1, 0.15) is 0 Å². The molecule has 1 fully saturated rings. The first-order valence-electron chi connectivity index (χ1n) is 4.22. The number of carbonyl (C=O) groups excluding carboxylic acids is 1. The normalized spacial score (nSPS) is 19.3. The minimum Gasteiger partial charge on any atom is -0.449 e. The summed E-state index contributed by atoms with van der Waals surface area (Å²) in [6, 6.07) is 0. The summed E-state index contributed by atoms with van der Waals surface area (Å²) in [7, 11) is 0. The summed E-state index contributed by atoms with van der Waals surface area (Å²) in [4.78, 5) is 10.4. The van der Waals surface area contributed by atoms with Crippen molar-refractivity contribution < 1.29 is 9.53 Å². The lowest BCUT2D eigenvalue weighted by molar-refractivity contribution is 0.0331. The first-order valence-corrected chi connectivity index (χ1v) is 4.22. The third-order valence-corrected chi connectivity index (χ3v) is 2.51. The Labute approximate surface area is 72.6 Å². The average molecular weight is 169 g/mol. The van der Waals surface area contributed by atoms with Crippen molar-refractivity contribution in [3.63, 3.8) is 0 Å². The molecule has 1 rings (SSSR count). The van der Waals surface area contributed by atoms with Gasteiger partial charge in [0.25, 0.3) is 0 Å². The molecule has 1 saturated carbocycles. The van der Waals surface area contributed by atoms with E-state index in [1.807, 2.05) is 6.08 Å². The molecule has 0 bridgehead atoms. The van der Waals surface area contributed by atoms with Crippen LogP contribution < -0.4 is 5.73 Å². The summed E-state index contributed by atoms with van der Waals surface area (Å²) in [5, 5.41) is 0. The third kappa shape index (κ3) is 2.00. The van der Waals surface area contributed by atoms with Crippen LogP contribution in [0, 0.1) is 5.41 Å². The zero-order chi connectivity index (χ0) is 9.03. The highest BCUT2D eigenvalue weighted by molar-refractivity contribution is 5.64. The van der Waals surface area contributed by atoms with Crippen molar-refractivity contribution in [3.05, 3.63) is 12.7 Å². The van der Waals surface area contributed by atoms with Crippen LogP contribution in [-0.4, -0.2) is 12.7 Å². The average Bonchev–Trinajstić information content (AvgIpc) is 1.94. The van der Waals surface area contributed by atoms with E-state index in [0.29, 0.717) is 6.61 Å². The molecule has 0 aliphatic heterocycles. The molecule has 0 heterocycles. The lowest BCUT2D eigenvalue weighted by atomic mass is 9.67. The van der Waals surface area contributed by atoms with E-state index in [1.54, 1.807) is 0 Å². The molecule has 3 heteroatoms. The summed E-state index contributed by atoms with van der Waals surface area (Å²) in [5.74, 6) is 0. The zero-order valence-electron chi connectivity index (χ0n) is 7.21. The summed E-state index contributed by atoms with van der Waals surface area (Å²) in [6.45, 7) is 4.14. The smallest absolute Gasteiger partial charge is 0.404 e. The van der Waals surface area contributed by atoms with Gasteiger partial charge in [0, 0.05) is 5.41 Å². The lowest BCUT2D eigenvalue weighted by Crippen LogP contribution is -2.35. The summed E-state index contributed by atoms with van der Waals surface area (Å²) >= 11 is 0. The minimum atomic E-state index is -0.676. The predicted octanol–water partition coefficient (Wildman–Crippen LogP) is 1.83. The number of amides is 1. The molecule has 1 amide bonds. The minimum absolute atomic E-state index is 0.163. The second-order valence-corrected chi connectivity index (χ2v) is 3.45. The number of carbonyl (C=O) groups is 1. The van der Waals surface area contributed by atoms with Crippen LogP contribution in [0.1, 0.15) is 25.7 Å². The molecule has 2 N–H and O–H groups in total. The maximum absolute atomic E-state index is 10.4. The van der Waals surface area contributed by atoms with Crippen LogP contribution >= 0.6 is 0 Å². The number of hydrogen-bond donors (Lipinski definition) is 1. The van der Waals surface area contributed by atoms with Gasteiger partial charge in [0.15, 0.2) is 0 Å². The molecule has 3 nitrogen and oxygen atoms in total. The Morgan fingerprint density at radius 2 is 2.33 bits per heavy atom. The number of hydrogen-bond acceptors (Lipinski definition) is 2. The molecule has 68 valence electrons. The van der Waals surface area contributed by atoms with Gasteiger partial charge in [-0.2, -0.15) is 0 Å². The van der Waals surface area contributed by atoms with Crippen molar-refractivity contribution in [2.24, 2.45) is 11.1 Å². The van der Waals surface area contributed by atoms with Gasteiger partial charge in [-0.3, -0.25) is 0 Å². The van der Waals surface area contributed by atoms with Crippen molar-refractivity contribution in [1.29, 1.82) is 0 Å². The van der Waals surface area contributed by atoms with Crippen LogP contribution in [0.25, 0.3) is 0 Å². The van der Waals surface area contributed by atoms with Gasteiger partial charge in [-0.15, -0.1) is 6.58 Å². The van der Waals surface area contributed by atoms with Crippen LogP contribution in [0.15, 0.2) is 12.7 Å². The number of allylic oxidation sites excluding steroid dienone is 1. The molecular weight excluding hydrogens is 154 g/mol. The van der Waals surface area contributed by atoms with Crippen molar-refractivity contribution in [2.75, 3.05) is 6.61 Å². The molecule has 0 atom stereocenters. The Hall–Kier alpha value is -0.990. The highest BCUT2D eigenvalue weighted by Gasteiger charge is 2.36. The lowest BCUT2D eigenvalue weighted by Gasteiger charge is -2.40. The van der Waals surface area contributed by atoms with E-state index in [4.69, 9.17) is 10.5 Å². The summed E-state index contributed by atoms with van der Waals surface area (Å²) < 4.78 is 4.79. The Bertz CT molecular complexity index is 185. The first-order chi connectivity index (χ1) is 5.68. The maximum Gasteiger partial charge on any atom is 0.404 e. The van der Waals surface area contributed by atoms with E-state index in [2.05, 4.69) is 6.58 Å². The molecule has 12 heavy (non-hydrogen) atoms. The maximum atomic E-state index is 10.4.